The zero-order valence-corrected chi connectivity index (χ0v) is 17.6. The fraction of sp³-hybridized carbons (Fsp3) is 0.381. The molecule has 0 unspecified atom stereocenters. The first kappa shape index (κ1) is 24.9. The summed E-state index contributed by atoms with van der Waals surface area (Å²) in [6, 6.07) is 9.97. The molecule has 154 valence electrons. The predicted molar refractivity (Wildman–Crippen MR) is 110 cm³/mol. The summed E-state index contributed by atoms with van der Waals surface area (Å²) >= 11 is 0. The van der Waals surface area contributed by atoms with Crippen molar-refractivity contribution in [3.8, 4) is 5.75 Å². The summed E-state index contributed by atoms with van der Waals surface area (Å²) in [5, 5.41) is 18.7. The number of aromatic nitrogens is 1. The van der Waals surface area contributed by atoms with E-state index >= 15 is 0 Å². The van der Waals surface area contributed by atoms with Gasteiger partial charge in [0.15, 0.2) is 11.4 Å². The van der Waals surface area contributed by atoms with Gasteiger partial charge in [0.05, 0.1) is 0 Å². The molecular formula is C21H30N2O5. The maximum atomic E-state index is 12.0. The molecule has 0 saturated heterocycles. The molecule has 0 aliphatic carbocycles. The van der Waals surface area contributed by atoms with Crippen LogP contribution >= 0.6 is 0 Å². The number of carbonyl (C=O) groups is 2. The molecule has 0 atom stereocenters. The van der Waals surface area contributed by atoms with Crippen molar-refractivity contribution >= 4 is 11.9 Å². The molecule has 1 amide bonds. The molecule has 1 heterocycles. The van der Waals surface area contributed by atoms with Crippen molar-refractivity contribution < 1.29 is 19.8 Å². The van der Waals surface area contributed by atoms with E-state index in [4.69, 9.17) is 5.11 Å². The van der Waals surface area contributed by atoms with Crippen LogP contribution in [0.5, 0.6) is 5.75 Å². The van der Waals surface area contributed by atoms with Crippen LogP contribution in [0.3, 0.4) is 0 Å². The van der Waals surface area contributed by atoms with Crippen molar-refractivity contribution in [1.29, 1.82) is 0 Å². The molecule has 1 aromatic carbocycles. The molecule has 0 saturated carbocycles. The van der Waals surface area contributed by atoms with Gasteiger partial charge in [-0.2, -0.15) is 0 Å². The Morgan fingerprint density at radius 3 is 1.89 bits per heavy atom. The molecule has 2 rings (SSSR count). The number of hydrogen-bond donors (Lipinski definition) is 2. The van der Waals surface area contributed by atoms with Gasteiger partial charge in [0.1, 0.15) is 5.56 Å². The molecule has 1 aromatic heterocycles. The van der Waals surface area contributed by atoms with E-state index in [1.165, 1.54) is 29.1 Å². The van der Waals surface area contributed by atoms with E-state index in [9.17, 15) is 19.5 Å². The number of aryl methyl sites for hydroxylation is 1. The minimum atomic E-state index is -1.45. The lowest BCUT2D eigenvalue weighted by Gasteiger charge is -2.20. The molecular weight excluding hydrogens is 360 g/mol. The Kier molecular flexibility index (Phi) is 10.3. The fourth-order valence-electron chi connectivity index (χ4n) is 2.14. The number of pyridine rings is 1. The zero-order valence-electron chi connectivity index (χ0n) is 17.6. The second-order valence-corrected chi connectivity index (χ2v) is 6.23. The van der Waals surface area contributed by atoms with Crippen LogP contribution in [0.4, 0.5) is 0 Å². The maximum absolute atomic E-state index is 12.0. The summed E-state index contributed by atoms with van der Waals surface area (Å²) in [4.78, 5) is 35.8. The smallest absolute Gasteiger partial charge is 0.341 e. The number of aromatic carboxylic acids is 1. The van der Waals surface area contributed by atoms with E-state index in [0.29, 0.717) is 0 Å². The molecule has 2 aromatic rings. The lowest BCUT2D eigenvalue weighted by atomic mass is 10.1. The van der Waals surface area contributed by atoms with Crippen LogP contribution in [-0.2, 0) is 0 Å². The van der Waals surface area contributed by atoms with Crippen LogP contribution in [-0.4, -0.2) is 45.7 Å². The Morgan fingerprint density at radius 1 is 1.07 bits per heavy atom. The number of aromatic hydroxyl groups is 1. The number of carboxylic acid groups (broad SMARTS) is 1. The minimum absolute atomic E-state index is 0.213. The molecule has 0 fully saturated rings. The van der Waals surface area contributed by atoms with Crippen molar-refractivity contribution in [3.05, 3.63) is 63.6 Å². The summed E-state index contributed by atoms with van der Waals surface area (Å²) in [6.07, 6.45) is 1.08. The third-order valence-electron chi connectivity index (χ3n) is 3.55. The Bertz CT molecular complexity index is 840. The average molecular weight is 390 g/mol. The van der Waals surface area contributed by atoms with Crippen molar-refractivity contribution in [1.82, 2.24) is 9.47 Å². The molecule has 28 heavy (non-hydrogen) atoms. The summed E-state index contributed by atoms with van der Waals surface area (Å²) in [6.45, 7) is 9.50. The van der Waals surface area contributed by atoms with Crippen molar-refractivity contribution in [2.75, 3.05) is 14.1 Å². The Balaban J connectivity index is 0.000000670. The third kappa shape index (κ3) is 6.57. The van der Waals surface area contributed by atoms with Crippen LogP contribution in [0.2, 0.25) is 0 Å². The minimum Gasteiger partial charge on any atom is -0.503 e. The number of carbonyl (C=O) groups excluding carboxylic acids is 1. The van der Waals surface area contributed by atoms with E-state index in [-0.39, 0.29) is 11.7 Å². The summed E-state index contributed by atoms with van der Waals surface area (Å²) < 4.78 is 1.28. The van der Waals surface area contributed by atoms with Gasteiger partial charge in [0.25, 0.3) is 5.91 Å². The zero-order chi connectivity index (χ0) is 22.0. The number of amides is 1. The number of benzene rings is 1. The van der Waals surface area contributed by atoms with Gasteiger partial charge >= 0.3 is 5.97 Å². The SMILES string of the molecule is CC.CC(C)n1cc(C(=O)O)c(=O)c(O)c1C(=O)N(C)C.Cc1ccccc1. The lowest BCUT2D eigenvalue weighted by Crippen LogP contribution is -2.30. The first-order valence-corrected chi connectivity index (χ1v) is 9.02. The molecule has 0 bridgehead atoms. The topological polar surface area (TPSA) is 99.8 Å². The van der Waals surface area contributed by atoms with E-state index in [0.717, 1.165) is 6.20 Å². The molecule has 0 aliphatic rings. The number of hydrogen-bond acceptors (Lipinski definition) is 4. The second-order valence-electron chi connectivity index (χ2n) is 6.23. The first-order valence-electron chi connectivity index (χ1n) is 9.02. The molecule has 0 radical (unpaired) electrons. The van der Waals surface area contributed by atoms with Gasteiger partial charge in [-0.25, -0.2) is 4.79 Å². The highest BCUT2D eigenvalue weighted by Crippen LogP contribution is 2.19. The molecule has 7 nitrogen and oxygen atoms in total. The maximum Gasteiger partial charge on any atom is 0.341 e. The highest BCUT2D eigenvalue weighted by Gasteiger charge is 2.25. The largest absolute Gasteiger partial charge is 0.503 e. The Hall–Kier alpha value is -3.09. The predicted octanol–water partition coefficient (Wildman–Crippen LogP) is 3.56. The second kappa shape index (κ2) is 11.6. The van der Waals surface area contributed by atoms with Crippen molar-refractivity contribution in [2.24, 2.45) is 0 Å². The molecule has 0 spiro atoms. The molecule has 7 heteroatoms. The van der Waals surface area contributed by atoms with Gasteiger partial charge in [-0.3, -0.25) is 9.59 Å². The highest BCUT2D eigenvalue weighted by molar-refractivity contribution is 5.96. The van der Waals surface area contributed by atoms with Crippen LogP contribution < -0.4 is 5.43 Å². The van der Waals surface area contributed by atoms with E-state index < -0.39 is 28.6 Å². The van der Waals surface area contributed by atoms with Gasteiger partial charge < -0.3 is 19.7 Å². The van der Waals surface area contributed by atoms with Gasteiger partial charge in [0.2, 0.25) is 5.43 Å². The third-order valence-corrected chi connectivity index (χ3v) is 3.55. The average Bonchev–Trinajstić information content (AvgIpc) is 2.65. The van der Waals surface area contributed by atoms with Crippen LogP contribution in [0.15, 0.2) is 41.3 Å². The van der Waals surface area contributed by atoms with Gasteiger partial charge in [-0.1, -0.05) is 49.7 Å². The fourth-order valence-corrected chi connectivity index (χ4v) is 2.14. The van der Waals surface area contributed by atoms with E-state index in [1.54, 1.807) is 13.8 Å². The quantitative estimate of drug-likeness (QED) is 0.835. The van der Waals surface area contributed by atoms with Gasteiger partial charge in [-0.15, -0.1) is 0 Å². The van der Waals surface area contributed by atoms with Crippen molar-refractivity contribution in [2.45, 2.75) is 40.7 Å². The summed E-state index contributed by atoms with van der Waals surface area (Å²) in [5.74, 6) is -2.86. The number of rotatable bonds is 3. The van der Waals surface area contributed by atoms with Crippen LogP contribution in [0, 0.1) is 6.92 Å². The molecule has 2 N–H and O–H groups in total. The number of carboxylic acids is 1. The highest BCUT2D eigenvalue weighted by atomic mass is 16.4. The van der Waals surface area contributed by atoms with Crippen LogP contribution in [0.25, 0.3) is 0 Å². The van der Waals surface area contributed by atoms with Gasteiger partial charge in [0, 0.05) is 26.3 Å². The van der Waals surface area contributed by atoms with E-state index in [2.05, 4.69) is 19.1 Å². The summed E-state index contributed by atoms with van der Waals surface area (Å²) in [7, 11) is 2.95. The monoisotopic (exact) mass is 390 g/mol. The first-order chi connectivity index (χ1) is 13.1. The standard InChI is InChI=1S/C12H16N2O5.C7H8.C2H6/c1-6(2)14-5-7(12(18)19)9(15)10(16)8(14)11(17)13(3)4;1-7-5-3-2-4-6-7;1-2/h5-6,16H,1-4H3,(H,18,19);2-6H,1H3;1-2H3. The summed E-state index contributed by atoms with van der Waals surface area (Å²) in [5.41, 5.74) is -0.520. The Labute approximate surface area is 165 Å². The lowest BCUT2D eigenvalue weighted by molar-refractivity contribution is 0.0690. The number of nitrogens with zero attached hydrogens (tertiary/aromatic N) is 2. The molecule has 0 aliphatic heterocycles. The van der Waals surface area contributed by atoms with Crippen molar-refractivity contribution in [3.63, 3.8) is 0 Å². The Morgan fingerprint density at radius 2 is 1.57 bits per heavy atom. The van der Waals surface area contributed by atoms with Crippen LogP contribution in [0.1, 0.15) is 60.1 Å². The van der Waals surface area contributed by atoms with Gasteiger partial charge in [-0.05, 0) is 20.8 Å². The normalized spacial score (nSPS) is 9.57. The van der Waals surface area contributed by atoms with E-state index in [1.807, 2.05) is 32.0 Å².